The van der Waals surface area contributed by atoms with Crippen molar-refractivity contribution in [1.29, 1.82) is 0 Å². The Morgan fingerprint density at radius 2 is 1.86 bits per heavy atom. The molecule has 0 aliphatic rings. The monoisotopic (exact) mass is 302 g/mol. The average Bonchev–Trinajstić information content (AvgIpc) is 2.99. The maximum atomic E-state index is 12.0. The molecule has 1 heterocycles. The normalized spacial score (nSPS) is 10.1. The Morgan fingerprint density at radius 3 is 2.48 bits per heavy atom. The van der Waals surface area contributed by atoms with Crippen LogP contribution in [-0.2, 0) is 17.8 Å². The van der Waals surface area contributed by atoms with Gasteiger partial charge in [0.2, 0.25) is 5.91 Å². The second-order valence-corrected chi connectivity index (χ2v) is 5.72. The van der Waals surface area contributed by atoms with E-state index in [2.05, 4.69) is 16.7 Å². The number of hydrogen-bond donors (Lipinski definition) is 2. The first-order chi connectivity index (χ1) is 10.1. The summed E-state index contributed by atoms with van der Waals surface area (Å²) in [4.78, 5) is 24.1. The maximum Gasteiger partial charge on any atom is 0.251 e. The van der Waals surface area contributed by atoms with Gasteiger partial charge in [-0.25, -0.2) is 0 Å². The van der Waals surface area contributed by atoms with Gasteiger partial charge in [0, 0.05) is 30.5 Å². The van der Waals surface area contributed by atoms with Crippen LogP contribution in [-0.4, -0.2) is 18.4 Å². The van der Waals surface area contributed by atoms with Crippen molar-refractivity contribution in [2.75, 3.05) is 6.54 Å². The van der Waals surface area contributed by atoms with Crippen molar-refractivity contribution in [3.63, 3.8) is 0 Å². The van der Waals surface area contributed by atoms with E-state index in [0.29, 0.717) is 18.7 Å². The van der Waals surface area contributed by atoms with E-state index in [9.17, 15) is 9.59 Å². The highest BCUT2D eigenvalue weighted by atomic mass is 32.1. The van der Waals surface area contributed by atoms with Gasteiger partial charge in [0.1, 0.15) is 0 Å². The van der Waals surface area contributed by atoms with Gasteiger partial charge in [-0.2, -0.15) is 0 Å². The zero-order valence-electron chi connectivity index (χ0n) is 11.9. The standard InChI is InChI=1S/C16H18N2O2S/c1-12(19)18-11-13-4-6-14(7-5-13)16(20)17-9-8-15-3-2-10-21-15/h2-7,10H,8-9,11H2,1H3,(H,17,20)(H,18,19). The maximum absolute atomic E-state index is 12.0. The van der Waals surface area contributed by atoms with Crippen LogP contribution in [0.3, 0.4) is 0 Å². The Bertz CT molecular complexity index is 591. The molecule has 0 saturated heterocycles. The van der Waals surface area contributed by atoms with Crippen LogP contribution in [0.4, 0.5) is 0 Å². The van der Waals surface area contributed by atoms with E-state index in [4.69, 9.17) is 0 Å². The predicted molar refractivity (Wildman–Crippen MR) is 84.3 cm³/mol. The van der Waals surface area contributed by atoms with Gasteiger partial charge in [-0.05, 0) is 35.6 Å². The van der Waals surface area contributed by atoms with E-state index >= 15 is 0 Å². The molecule has 0 radical (unpaired) electrons. The number of thiophene rings is 1. The Hall–Kier alpha value is -2.14. The summed E-state index contributed by atoms with van der Waals surface area (Å²) < 4.78 is 0. The number of amides is 2. The molecule has 5 heteroatoms. The van der Waals surface area contributed by atoms with E-state index < -0.39 is 0 Å². The number of rotatable bonds is 6. The molecule has 0 bridgehead atoms. The molecule has 4 nitrogen and oxygen atoms in total. The molecule has 2 rings (SSSR count). The first-order valence-electron chi connectivity index (χ1n) is 6.79. The largest absolute Gasteiger partial charge is 0.352 e. The number of nitrogens with one attached hydrogen (secondary N) is 2. The van der Waals surface area contributed by atoms with Crippen molar-refractivity contribution < 1.29 is 9.59 Å². The van der Waals surface area contributed by atoms with E-state index in [1.165, 1.54) is 11.8 Å². The minimum Gasteiger partial charge on any atom is -0.352 e. The summed E-state index contributed by atoms with van der Waals surface area (Å²) in [7, 11) is 0. The van der Waals surface area contributed by atoms with Crippen LogP contribution in [0.1, 0.15) is 27.7 Å². The smallest absolute Gasteiger partial charge is 0.251 e. The lowest BCUT2D eigenvalue weighted by Gasteiger charge is -2.06. The van der Waals surface area contributed by atoms with Crippen LogP contribution in [0, 0.1) is 0 Å². The molecule has 0 fully saturated rings. The number of benzene rings is 1. The molecular weight excluding hydrogens is 284 g/mol. The summed E-state index contributed by atoms with van der Waals surface area (Å²) in [6, 6.07) is 11.3. The van der Waals surface area contributed by atoms with Crippen LogP contribution in [0.5, 0.6) is 0 Å². The lowest BCUT2D eigenvalue weighted by molar-refractivity contribution is -0.119. The molecule has 1 aromatic carbocycles. The fourth-order valence-electron chi connectivity index (χ4n) is 1.86. The van der Waals surface area contributed by atoms with E-state index in [0.717, 1.165) is 12.0 Å². The molecule has 0 spiro atoms. The second-order valence-electron chi connectivity index (χ2n) is 4.69. The zero-order valence-corrected chi connectivity index (χ0v) is 12.7. The SMILES string of the molecule is CC(=O)NCc1ccc(C(=O)NCCc2cccs2)cc1. The molecule has 2 amide bonds. The minimum absolute atomic E-state index is 0.0644. The number of carbonyl (C=O) groups is 2. The fraction of sp³-hybridized carbons (Fsp3) is 0.250. The average molecular weight is 302 g/mol. The summed E-state index contributed by atoms with van der Waals surface area (Å²) in [5.41, 5.74) is 1.60. The Labute approximate surface area is 128 Å². The predicted octanol–water partition coefficient (Wildman–Crippen LogP) is 2.36. The second kappa shape index (κ2) is 7.59. The molecule has 110 valence electrons. The minimum atomic E-state index is -0.0716. The van der Waals surface area contributed by atoms with Crippen molar-refractivity contribution in [3.8, 4) is 0 Å². The summed E-state index contributed by atoms with van der Waals surface area (Å²) in [5.74, 6) is -0.136. The Morgan fingerprint density at radius 1 is 1.10 bits per heavy atom. The summed E-state index contributed by atoms with van der Waals surface area (Å²) in [6.07, 6.45) is 0.851. The third-order valence-electron chi connectivity index (χ3n) is 2.99. The first-order valence-corrected chi connectivity index (χ1v) is 7.67. The van der Waals surface area contributed by atoms with Gasteiger partial charge < -0.3 is 10.6 Å². The van der Waals surface area contributed by atoms with E-state index in [-0.39, 0.29) is 11.8 Å². The van der Waals surface area contributed by atoms with Crippen molar-refractivity contribution in [3.05, 3.63) is 57.8 Å². The van der Waals surface area contributed by atoms with Gasteiger partial charge >= 0.3 is 0 Å². The zero-order chi connectivity index (χ0) is 15.1. The Balaban J connectivity index is 1.80. The molecule has 2 N–H and O–H groups in total. The van der Waals surface area contributed by atoms with E-state index in [1.54, 1.807) is 23.5 Å². The highest BCUT2D eigenvalue weighted by Gasteiger charge is 2.05. The van der Waals surface area contributed by atoms with Crippen LogP contribution in [0.2, 0.25) is 0 Å². The molecule has 0 aliphatic carbocycles. The van der Waals surface area contributed by atoms with Gasteiger partial charge in [-0.1, -0.05) is 18.2 Å². The third kappa shape index (κ3) is 5.04. The van der Waals surface area contributed by atoms with Gasteiger partial charge in [-0.15, -0.1) is 11.3 Å². The molecule has 0 aliphatic heterocycles. The molecule has 2 aromatic rings. The quantitative estimate of drug-likeness (QED) is 0.860. The van der Waals surface area contributed by atoms with Gasteiger partial charge in [0.05, 0.1) is 0 Å². The topological polar surface area (TPSA) is 58.2 Å². The molecule has 21 heavy (non-hydrogen) atoms. The van der Waals surface area contributed by atoms with Crippen LogP contribution in [0.25, 0.3) is 0 Å². The number of carbonyl (C=O) groups excluding carboxylic acids is 2. The lowest BCUT2D eigenvalue weighted by atomic mass is 10.1. The van der Waals surface area contributed by atoms with E-state index in [1.807, 2.05) is 23.6 Å². The van der Waals surface area contributed by atoms with Gasteiger partial charge in [-0.3, -0.25) is 9.59 Å². The highest BCUT2D eigenvalue weighted by Crippen LogP contribution is 2.08. The highest BCUT2D eigenvalue weighted by molar-refractivity contribution is 7.09. The molecule has 0 atom stereocenters. The first kappa shape index (κ1) is 15.3. The Kier molecular flexibility index (Phi) is 5.51. The van der Waals surface area contributed by atoms with Gasteiger partial charge in [0.15, 0.2) is 0 Å². The fourth-order valence-corrected chi connectivity index (χ4v) is 2.57. The van der Waals surface area contributed by atoms with Crippen LogP contribution in [0.15, 0.2) is 41.8 Å². The summed E-state index contributed by atoms with van der Waals surface area (Å²) in [5, 5.41) is 7.66. The van der Waals surface area contributed by atoms with Crippen molar-refractivity contribution >= 4 is 23.2 Å². The van der Waals surface area contributed by atoms with Crippen molar-refractivity contribution in [2.45, 2.75) is 19.9 Å². The lowest BCUT2D eigenvalue weighted by Crippen LogP contribution is -2.25. The summed E-state index contributed by atoms with van der Waals surface area (Å²) >= 11 is 1.69. The van der Waals surface area contributed by atoms with Crippen LogP contribution >= 0.6 is 11.3 Å². The molecular formula is C16H18N2O2S. The third-order valence-corrected chi connectivity index (χ3v) is 3.93. The van der Waals surface area contributed by atoms with Crippen LogP contribution < -0.4 is 10.6 Å². The van der Waals surface area contributed by atoms with Gasteiger partial charge in [0.25, 0.3) is 5.91 Å². The molecule has 0 saturated carbocycles. The number of hydrogen-bond acceptors (Lipinski definition) is 3. The summed E-state index contributed by atoms with van der Waals surface area (Å²) in [6.45, 7) is 2.60. The van der Waals surface area contributed by atoms with Crippen molar-refractivity contribution in [1.82, 2.24) is 10.6 Å². The molecule has 0 unspecified atom stereocenters. The molecule has 1 aromatic heterocycles. The van der Waals surface area contributed by atoms with Crippen molar-refractivity contribution in [2.24, 2.45) is 0 Å².